The molecule has 0 aliphatic rings. The molecule has 1 amide bonds. The Hall–Kier alpha value is -1.20. The maximum atomic E-state index is 10.9. The highest BCUT2D eigenvalue weighted by Crippen LogP contribution is 2.18. The van der Waals surface area contributed by atoms with Crippen LogP contribution in [-0.2, 0) is 15.9 Å². The van der Waals surface area contributed by atoms with Crippen LogP contribution in [0.25, 0.3) is 0 Å². The summed E-state index contributed by atoms with van der Waals surface area (Å²) in [4.78, 5) is 10.9. The van der Waals surface area contributed by atoms with Crippen LogP contribution in [0.2, 0.25) is 0 Å². The van der Waals surface area contributed by atoms with E-state index in [-0.39, 0.29) is 0 Å². The van der Waals surface area contributed by atoms with Crippen molar-refractivity contribution in [1.82, 2.24) is 0 Å². The van der Waals surface area contributed by atoms with Crippen molar-refractivity contribution in [3.8, 4) is 0 Å². The number of rotatable bonds is 3. The van der Waals surface area contributed by atoms with Crippen molar-refractivity contribution < 1.29 is 13.6 Å². The van der Waals surface area contributed by atoms with Crippen LogP contribution in [0.4, 0.5) is 0 Å². The molecule has 0 saturated carbocycles. The van der Waals surface area contributed by atoms with Gasteiger partial charge < -0.3 is 10.3 Å². The summed E-state index contributed by atoms with van der Waals surface area (Å²) in [6.45, 7) is 1.89. The van der Waals surface area contributed by atoms with Gasteiger partial charge in [-0.1, -0.05) is 29.8 Å². The third-order valence-electron chi connectivity index (χ3n) is 1.84. The number of amides is 1. The summed E-state index contributed by atoms with van der Waals surface area (Å²) in [6, 6.07) is 6.77. The monoisotopic (exact) mass is 213 g/mol. The zero-order valence-electron chi connectivity index (χ0n) is 7.64. The highest BCUT2D eigenvalue weighted by Gasteiger charge is 2.23. The van der Waals surface area contributed by atoms with E-state index in [4.69, 9.17) is 10.3 Å². The van der Waals surface area contributed by atoms with E-state index < -0.39 is 22.2 Å². The lowest BCUT2D eigenvalue weighted by Crippen LogP contribution is -2.24. The van der Waals surface area contributed by atoms with Crippen molar-refractivity contribution >= 4 is 17.0 Å². The Morgan fingerprint density at radius 3 is 2.29 bits per heavy atom. The van der Waals surface area contributed by atoms with E-state index in [0.717, 1.165) is 5.56 Å². The number of nitrogens with two attached hydrogens (primary N) is 1. The van der Waals surface area contributed by atoms with E-state index >= 15 is 0 Å². The molecule has 5 heteroatoms. The zero-order chi connectivity index (χ0) is 10.7. The highest BCUT2D eigenvalue weighted by molar-refractivity contribution is 7.80. The fourth-order valence-electron chi connectivity index (χ4n) is 1.12. The number of carbonyl (C=O) groups excluding carboxylic acids is 1. The van der Waals surface area contributed by atoms with Gasteiger partial charge >= 0.3 is 0 Å². The molecule has 1 aromatic rings. The molecule has 0 saturated heterocycles. The molecular formula is C9H11NO3S. The minimum Gasteiger partial charge on any atom is -0.368 e. The van der Waals surface area contributed by atoms with Crippen molar-refractivity contribution in [2.75, 3.05) is 0 Å². The number of hydrogen-bond donors (Lipinski definition) is 2. The average Bonchev–Trinajstić information content (AvgIpc) is 2.07. The second-order valence-electron chi connectivity index (χ2n) is 2.97. The van der Waals surface area contributed by atoms with Crippen LogP contribution in [0.1, 0.15) is 16.4 Å². The standard InChI is InChI=1S/C9H11NO3S/c1-6-2-4-7(5-3-6)8(9(10)11)14(12)13/h2-5,8H,1H3,(H2,10,11)(H,12,13). The number of carbonyl (C=O) groups is 1. The van der Waals surface area contributed by atoms with Crippen LogP contribution < -0.4 is 5.73 Å². The van der Waals surface area contributed by atoms with E-state index in [1.807, 2.05) is 6.92 Å². The van der Waals surface area contributed by atoms with Gasteiger partial charge in [-0.3, -0.25) is 4.79 Å². The van der Waals surface area contributed by atoms with Gasteiger partial charge in [0.2, 0.25) is 5.91 Å². The maximum Gasteiger partial charge on any atom is 0.240 e. The first-order valence-electron chi connectivity index (χ1n) is 3.98. The Morgan fingerprint density at radius 1 is 1.43 bits per heavy atom. The van der Waals surface area contributed by atoms with Crippen LogP contribution in [0, 0.1) is 6.92 Å². The fourth-order valence-corrected chi connectivity index (χ4v) is 1.71. The van der Waals surface area contributed by atoms with Gasteiger partial charge in [0.1, 0.15) is 0 Å². The van der Waals surface area contributed by atoms with Gasteiger partial charge in [-0.05, 0) is 12.5 Å². The lowest BCUT2D eigenvalue weighted by Gasteiger charge is -2.09. The van der Waals surface area contributed by atoms with Gasteiger partial charge in [0.15, 0.2) is 16.3 Å². The lowest BCUT2D eigenvalue weighted by molar-refractivity contribution is -0.117. The maximum absolute atomic E-state index is 10.9. The van der Waals surface area contributed by atoms with Crippen LogP contribution in [0.3, 0.4) is 0 Å². The predicted molar refractivity (Wildman–Crippen MR) is 53.9 cm³/mol. The summed E-state index contributed by atoms with van der Waals surface area (Å²) in [5.41, 5.74) is 6.49. The van der Waals surface area contributed by atoms with Gasteiger partial charge in [-0.2, -0.15) is 0 Å². The van der Waals surface area contributed by atoms with Crippen molar-refractivity contribution in [3.63, 3.8) is 0 Å². The highest BCUT2D eigenvalue weighted by atomic mass is 32.2. The molecule has 0 radical (unpaired) electrons. The Bertz CT molecular complexity index is 347. The number of benzene rings is 1. The van der Waals surface area contributed by atoms with E-state index in [9.17, 15) is 9.00 Å². The van der Waals surface area contributed by atoms with E-state index in [1.54, 1.807) is 24.3 Å². The van der Waals surface area contributed by atoms with Crippen molar-refractivity contribution in [3.05, 3.63) is 35.4 Å². The normalized spacial score (nSPS) is 14.7. The van der Waals surface area contributed by atoms with Gasteiger partial charge in [-0.25, -0.2) is 4.21 Å². The van der Waals surface area contributed by atoms with Crippen LogP contribution in [0.15, 0.2) is 24.3 Å². The second-order valence-corrected chi connectivity index (χ2v) is 3.99. The van der Waals surface area contributed by atoms with Crippen molar-refractivity contribution in [2.24, 2.45) is 5.73 Å². The van der Waals surface area contributed by atoms with Gasteiger partial charge in [0.25, 0.3) is 0 Å². The molecule has 1 rings (SSSR count). The number of aryl methyl sites for hydroxylation is 1. The van der Waals surface area contributed by atoms with Crippen molar-refractivity contribution in [1.29, 1.82) is 0 Å². The Balaban J connectivity index is 3.06. The fraction of sp³-hybridized carbons (Fsp3) is 0.222. The molecule has 76 valence electrons. The molecule has 0 aliphatic carbocycles. The molecule has 0 aromatic heterocycles. The van der Waals surface area contributed by atoms with Gasteiger partial charge in [0, 0.05) is 0 Å². The van der Waals surface area contributed by atoms with E-state index in [2.05, 4.69) is 0 Å². The van der Waals surface area contributed by atoms with E-state index in [0.29, 0.717) is 5.56 Å². The molecule has 4 nitrogen and oxygen atoms in total. The summed E-state index contributed by atoms with van der Waals surface area (Å²) < 4.78 is 19.7. The third-order valence-corrected chi connectivity index (χ3v) is 2.75. The summed E-state index contributed by atoms with van der Waals surface area (Å²) >= 11 is -2.27. The molecule has 0 spiro atoms. The Kier molecular flexibility index (Phi) is 3.38. The Morgan fingerprint density at radius 2 is 1.93 bits per heavy atom. The summed E-state index contributed by atoms with van der Waals surface area (Å²) in [6.07, 6.45) is 0. The molecule has 3 N–H and O–H groups in total. The lowest BCUT2D eigenvalue weighted by atomic mass is 10.1. The summed E-state index contributed by atoms with van der Waals surface area (Å²) in [5, 5.41) is -1.14. The first kappa shape index (κ1) is 10.9. The SMILES string of the molecule is Cc1ccc(C(C(N)=O)S(=O)O)cc1. The molecule has 0 fully saturated rings. The molecule has 0 aliphatic heterocycles. The first-order valence-corrected chi connectivity index (χ1v) is 5.15. The quantitative estimate of drug-likeness (QED) is 0.727. The molecule has 14 heavy (non-hydrogen) atoms. The molecule has 0 bridgehead atoms. The van der Waals surface area contributed by atoms with Gasteiger partial charge in [0.05, 0.1) is 0 Å². The van der Waals surface area contributed by atoms with Gasteiger partial charge in [-0.15, -0.1) is 0 Å². The second kappa shape index (κ2) is 4.34. The molecule has 2 unspecified atom stereocenters. The molecule has 2 atom stereocenters. The van der Waals surface area contributed by atoms with E-state index in [1.165, 1.54) is 0 Å². The summed E-state index contributed by atoms with van der Waals surface area (Å²) in [7, 11) is 0. The smallest absolute Gasteiger partial charge is 0.240 e. The predicted octanol–water partition coefficient (Wildman–Crippen LogP) is 0.743. The van der Waals surface area contributed by atoms with Crippen LogP contribution >= 0.6 is 0 Å². The Labute approximate surface area is 84.4 Å². The van der Waals surface area contributed by atoms with Crippen LogP contribution in [-0.4, -0.2) is 14.7 Å². The van der Waals surface area contributed by atoms with Crippen LogP contribution in [0.5, 0.6) is 0 Å². The minimum absolute atomic E-state index is 0.462. The minimum atomic E-state index is -2.27. The topological polar surface area (TPSA) is 80.4 Å². The largest absolute Gasteiger partial charge is 0.368 e. The molecular weight excluding hydrogens is 202 g/mol. The summed E-state index contributed by atoms with van der Waals surface area (Å²) in [5.74, 6) is -0.797. The first-order chi connectivity index (χ1) is 6.52. The van der Waals surface area contributed by atoms with Crippen molar-refractivity contribution in [2.45, 2.75) is 12.2 Å². The third kappa shape index (κ3) is 2.40. The molecule has 0 heterocycles. The number of primary amides is 1. The molecule has 1 aromatic carbocycles. The average molecular weight is 213 g/mol. The number of hydrogen-bond acceptors (Lipinski definition) is 2. The zero-order valence-corrected chi connectivity index (χ0v) is 8.45.